The average molecular weight is 351 g/mol. The molecule has 2 saturated heterocycles. The SMILES string of the molecule is c1ccc(N2CCN3CCN(CC2)CCN(c2ccccc2)CC3)cc1. The van der Waals surface area contributed by atoms with Crippen molar-refractivity contribution in [2.24, 2.45) is 0 Å². The summed E-state index contributed by atoms with van der Waals surface area (Å²) in [5.41, 5.74) is 2.72. The molecule has 0 atom stereocenters. The van der Waals surface area contributed by atoms with Crippen molar-refractivity contribution in [1.29, 1.82) is 0 Å². The molecule has 2 bridgehead atoms. The summed E-state index contributed by atoms with van der Waals surface area (Å²) in [5, 5.41) is 0. The van der Waals surface area contributed by atoms with Crippen LogP contribution in [0.2, 0.25) is 0 Å². The average Bonchev–Trinajstić information content (AvgIpc) is 2.86. The van der Waals surface area contributed by atoms with Crippen molar-refractivity contribution in [1.82, 2.24) is 9.80 Å². The third kappa shape index (κ3) is 4.37. The van der Waals surface area contributed by atoms with Crippen LogP contribution in [0.15, 0.2) is 60.7 Å². The highest BCUT2D eigenvalue weighted by molar-refractivity contribution is 5.47. The highest BCUT2D eigenvalue weighted by atomic mass is 15.3. The summed E-state index contributed by atoms with van der Waals surface area (Å²) in [6.07, 6.45) is 0. The molecular weight excluding hydrogens is 320 g/mol. The number of benzene rings is 2. The Balaban J connectivity index is 1.48. The molecule has 2 fully saturated rings. The molecule has 0 spiro atoms. The van der Waals surface area contributed by atoms with E-state index in [-0.39, 0.29) is 0 Å². The fourth-order valence-electron chi connectivity index (χ4n) is 4.02. The first-order valence-corrected chi connectivity index (χ1v) is 9.93. The van der Waals surface area contributed by atoms with E-state index in [0.29, 0.717) is 0 Å². The Labute approximate surface area is 157 Å². The van der Waals surface area contributed by atoms with Crippen molar-refractivity contribution in [3.63, 3.8) is 0 Å². The molecule has 4 nitrogen and oxygen atoms in total. The van der Waals surface area contributed by atoms with Crippen LogP contribution in [0.3, 0.4) is 0 Å². The Morgan fingerprint density at radius 2 is 0.692 bits per heavy atom. The number of hydrogen-bond donors (Lipinski definition) is 0. The molecular formula is C22H30N4. The van der Waals surface area contributed by atoms with Crippen LogP contribution >= 0.6 is 0 Å². The number of hydrogen-bond acceptors (Lipinski definition) is 4. The van der Waals surface area contributed by atoms with Gasteiger partial charge in [-0.1, -0.05) is 36.4 Å². The molecule has 4 heteroatoms. The van der Waals surface area contributed by atoms with Gasteiger partial charge in [-0.2, -0.15) is 0 Å². The molecule has 2 aromatic carbocycles. The van der Waals surface area contributed by atoms with Crippen LogP contribution in [0.1, 0.15) is 0 Å². The van der Waals surface area contributed by atoms with Gasteiger partial charge in [-0.3, -0.25) is 9.80 Å². The standard InChI is InChI=1S/C22H30N4/c1-3-7-21(8-4-1)25-17-13-23-11-12-24(14-18-25)16-20-26(19-15-23)22-9-5-2-6-10-22/h1-10H,11-20H2. The first kappa shape index (κ1) is 17.4. The zero-order valence-corrected chi connectivity index (χ0v) is 15.6. The summed E-state index contributed by atoms with van der Waals surface area (Å²) < 4.78 is 0. The van der Waals surface area contributed by atoms with Gasteiger partial charge >= 0.3 is 0 Å². The molecule has 4 rings (SSSR count). The minimum Gasteiger partial charge on any atom is -0.369 e. The summed E-state index contributed by atoms with van der Waals surface area (Å²) in [6, 6.07) is 21.8. The highest BCUT2D eigenvalue weighted by Gasteiger charge is 2.20. The number of fused-ring (bicyclic) bond motifs is 3. The zero-order chi connectivity index (χ0) is 17.6. The minimum atomic E-state index is 1.11. The van der Waals surface area contributed by atoms with E-state index in [1.165, 1.54) is 24.5 Å². The fourth-order valence-corrected chi connectivity index (χ4v) is 4.02. The first-order valence-electron chi connectivity index (χ1n) is 9.93. The molecule has 2 heterocycles. The number of nitrogens with zero attached hydrogens (tertiary/aromatic N) is 4. The van der Waals surface area contributed by atoms with E-state index in [2.05, 4.69) is 80.3 Å². The molecule has 26 heavy (non-hydrogen) atoms. The molecule has 0 aromatic heterocycles. The first-order chi connectivity index (χ1) is 12.9. The van der Waals surface area contributed by atoms with Gasteiger partial charge in [0.05, 0.1) is 0 Å². The van der Waals surface area contributed by atoms with Gasteiger partial charge in [0.25, 0.3) is 0 Å². The quantitative estimate of drug-likeness (QED) is 0.825. The maximum absolute atomic E-state index is 2.65. The third-order valence-electron chi connectivity index (χ3n) is 5.72. The topological polar surface area (TPSA) is 13.0 Å². The Kier molecular flexibility index (Phi) is 5.72. The number of para-hydroxylation sites is 2. The molecule has 2 aliphatic heterocycles. The van der Waals surface area contributed by atoms with Crippen molar-refractivity contribution in [3.05, 3.63) is 60.7 Å². The molecule has 0 aliphatic carbocycles. The maximum Gasteiger partial charge on any atom is 0.0367 e. The lowest BCUT2D eigenvalue weighted by Gasteiger charge is -2.32. The van der Waals surface area contributed by atoms with Gasteiger partial charge in [0.15, 0.2) is 0 Å². The van der Waals surface area contributed by atoms with E-state index < -0.39 is 0 Å². The van der Waals surface area contributed by atoms with Gasteiger partial charge in [-0.25, -0.2) is 0 Å². The second kappa shape index (κ2) is 8.56. The second-order valence-corrected chi connectivity index (χ2v) is 7.33. The third-order valence-corrected chi connectivity index (χ3v) is 5.72. The van der Waals surface area contributed by atoms with Gasteiger partial charge in [-0.05, 0) is 24.3 Å². The lowest BCUT2D eigenvalue weighted by atomic mass is 10.2. The summed E-state index contributed by atoms with van der Waals surface area (Å²) in [6.45, 7) is 11.4. The van der Waals surface area contributed by atoms with E-state index in [1.54, 1.807) is 0 Å². The summed E-state index contributed by atoms with van der Waals surface area (Å²) in [7, 11) is 0. The monoisotopic (exact) mass is 350 g/mol. The largest absolute Gasteiger partial charge is 0.369 e. The highest BCUT2D eigenvalue weighted by Crippen LogP contribution is 2.17. The van der Waals surface area contributed by atoms with Crippen molar-refractivity contribution in [2.45, 2.75) is 0 Å². The zero-order valence-electron chi connectivity index (χ0n) is 15.6. The molecule has 0 amide bonds. The van der Waals surface area contributed by atoms with Gasteiger partial charge in [0.2, 0.25) is 0 Å². The summed E-state index contributed by atoms with van der Waals surface area (Å²) in [5.74, 6) is 0. The predicted molar refractivity (Wildman–Crippen MR) is 110 cm³/mol. The fraction of sp³-hybridized carbons (Fsp3) is 0.455. The van der Waals surface area contributed by atoms with Crippen LogP contribution in [0, 0.1) is 0 Å². The normalized spacial score (nSPS) is 24.8. The van der Waals surface area contributed by atoms with E-state index in [1.807, 2.05) is 0 Å². The molecule has 0 radical (unpaired) electrons. The Morgan fingerprint density at radius 3 is 1.04 bits per heavy atom. The number of anilines is 2. The molecule has 0 saturated carbocycles. The van der Waals surface area contributed by atoms with Gasteiger partial charge in [0.1, 0.15) is 0 Å². The van der Waals surface area contributed by atoms with Gasteiger partial charge < -0.3 is 9.80 Å². The predicted octanol–water partition coefficient (Wildman–Crippen LogP) is 2.63. The molecule has 0 N–H and O–H groups in total. The van der Waals surface area contributed by atoms with Crippen molar-refractivity contribution in [2.75, 3.05) is 75.2 Å². The van der Waals surface area contributed by atoms with Gasteiger partial charge in [0, 0.05) is 76.8 Å². The second-order valence-electron chi connectivity index (χ2n) is 7.33. The molecule has 138 valence electrons. The summed E-state index contributed by atoms with van der Waals surface area (Å²) >= 11 is 0. The Bertz CT molecular complexity index is 585. The lowest BCUT2D eigenvalue weighted by Crippen LogP contribution is -2.42. The maximum atomic E-state index is 2.65. The minimum absolute atomic E-state index is 1.11. The van der Waals surface area contributed by atoms with Crippen molar-refractivity contribution in [3.8, 4) is 0 Å². The number of rotatable bonds is 2. The Hall–Kier alpha value is -2.04. The van der Waals surface area contributed by atoms with Crippen LogP contribution in [-0.4, -0.2) is 75.2 Å². The smallest absolute Gasteiger partial charge is 0.0367 e. The van der Waals surface area contributed by atoms with Crippen LogP contribution in [0.25, 0.3) is 0 Å². The van der Waals surface area contributed by atoms with E-state index >= 15 is 0 Å². The van der Waals surface area contributed by atoms with Crippen LogP contribution in [0.5, 0.6) is 0 Å². The molecule has 2 aliphatic rings. The van der Waals surface area contributed by atoms with E-state index in [4.69, 9.17) is 0 Å². The van der Waals surface area contributed by atoms with E-state index in [9.17, 15) is 0 Å². The Morgan fingerprint density at radius 1 is 0.385 bits per heavy atom. The van der Waals surface area contributed by atoms with Crippen LogP contribution < -0.4 is 9.80 Å². The van der Waals surface area contributed by atoms with Gasteiger partial charge in [-0.15, -0.1) is 0 Å². The molecule has 2 aromatic rings. The van der Waals surface area contributed by atoms with Crippen molar-refractivity contribution >= 4 is 11.4 Å². The lowest BCUT2D eigenvalue weighted by molar-refractivity contribution is 0.237. The van der Waals surface area contributed by atoms with E-state index in [0.717, 1.165) is 52.4 Å². The molecule has 0 unspecified atom stereocenters. The summed E-state index contributed by atoms with van der Waals surface area (Å²) in [4.78, 5) is 10.4. The van der Waals surface area contributed by atoms with Crippen molar-refractivity contribution < 1.29 is 0 Å². The van der Waals surface area contributed by atoms with Crippen LogP contribution in [0.4, 0.5) is 11.4 Å². The van der Waals surface area contributed by atoms with Crippen LogP contribution in [-0.2, 0) is 0 Å².